The van der Waals surface area contributed by atoms with Gasteiger partial charge in [-0.2, -0.15) is 10.2 Å². The number of nitrogens with one attached hydrogen (secondary N) is 2. The summed E-state index contributed by atoms with van der Waals surface area (Å²) in [4.78, 5) is 0. The number of hydrogen-bond acceptors (Lipinski definition) is 2. The van der Waals surface area contributed by atoms with Gasteiger partial charge in [0.1, 0.15) is 0 Å². The van der Waals surface area contributed by atoms with Crippen molar-refractivity contribution in [1.82, 2.24) is 20.4 Å². The van der Waals surface area contributed by atoms with Crippen LogP contribution in [0.15, 0.2) is 24.5 Å². The van der Waals surface area contributed by atoms with Crippen LogP contribution in [-0.2, 0) is 6.42 Å². The second-order valence-electron chi connectivity index (χ2n) is 2.47. The van der Waals surface area contributed by atoms with Gasteiger partial charge in [-0.1, -0.05) is 0 Å². The van der Waals surface area contributed by atoms with Crippen LogP contribution in [0.5, 0.6) is 0 Å². The normalized spacial score (nSPS) is 10.3. The summed E-state index contributed by atoms with van der Waals surface area (Å²) in [5.74, 6) is 0. The average Bonchev–Trinajstić information content (AvgIpc) is 2.74. The fraction of sp³-hybridized carbons (Fsp3) is 0.125. The Balaban J connectivity index is 1.91. The molecule has 0 atom stereocenters. The van der Waals surface area contributed by atoms with E-state index in [0.717, 1.165) is 17.8 Å². The van der Waals surface area contributed by atoms with Gasteiger partial charge in [-0.3, -0.25) is 10.2 Å². The molecule has 0 aliphatic rings. The lowest BCUT2D eigenvalue weighted by atomic mass is 10.2. The van der Waals surface area contributed by atoms with Crippen molar-refractivity contribution in [2.45, 2.75) is 6.42 Å². The van der Waals surface area contributed by atoms with Crippen molar-refractivity contribution in [3.63, 3.8) is 0 Å². The molecule has 2 N–H and O–H groups in total. The lowest BCUT2D eigenvalue weighted by molar-refractivity contribution is 0.966. The second kappa shape index (κ2) is 3.21. The van der Waals surface area contributed by atoms with E-state index in [4.69, 9.17) is 0 Å². The summed E-state index contributed by atoms with van der Waals surface area (Å²) in [6.07, 6.45) is 6.45. The van der Waals surface area contributed by atoms with Gasteiger partial charge in [0.2, 0.25) is 0 Å². The first-order valence-electron chi connectivity index (χ1n) is 3.77. The number of hydrogen-bond donors (Lipinski definition) is 2. The first kappa shape index (κ1) is 7.09. The molecule has 4 heteroatoms. The molecule has 0 saturated carbocycles. The van der Waals surface area contributed by atoms with Crippen LogP contribution >= 0.6 is 0 Å². The van der Waals surface area contributed by atoms with Gasteiger partial charge in [0.05, 0.1) is 11.4 Å². The number of nitrogens with zero attached hydrogens (tertiary/aromatic N) is 2. The maximum Gasteiger partial charge on any atom is 0.0663 e. The molecule has 61 valence electrons. The van der Waals surface area contributed by atoms with Crippen LogP contribution in [0.2, 0.25) is 0 Å². The Morgan fingerprint density at radius 1 is 1.17 bits per heavy atom. The van der Waals surface area contributed by atoms with Crippen LogP contribution in [-0.4, -0.2) is 20.4 Å². The van der Waals surface area contributed by atoms with Gasteiger partial charge in [0, 0.05) is 25.2 Å². The predicted molar refractivity (Wildman–Crippen MR) is 44.3 cm³/mol. The molecular formula is C8H9N4. The van der Waals surface area contributed by atoms with E-state index in [9.17, 15) is 0 Å². The minimum Gasteiger partial charge on any atom is -0.285 e. The largest absolute Gasteiger partial charge is 0.285 e. The van der Waals surface area contributed by atoms with Crippen molar-refractivity contribution in [1.29, 1.82) is 0 Å². The molecular weight excluding hydrogens is 152 g/mol. The van der Waals surface area contributed by atoms with Crippen molar-refractivity contribution in [3.8, 4) is 0 Å². The third-order valence-corrected chi connectivity index (χ3v) is 1.60. The van der Waals surface area contributed by atoms with Gasteiger partial charge >= 0.3 is 0 Å². The van der Waals surface area contributed by atoms with Gasteiger partial charge in [-0.15, -0.1) is 0 Å². The Bertz CT molecular complexity index is 274. The lowest BCUT2D eigenvalue weighted by Crippen LogP contribution is -1.89. The van der Waals surface area contributed by atoms with Crippen molar-refractivity contribution in [2.24, 2.45) is 0 Å². The smallest absolute Gasteiger partial charge is 0.0663 e. The first-order chi connectivity index (χ1) is 5.95. The maximum atomic E-state index is 4.02. The quantitative estimate of drug-likeness (QED) is 0.703. The molecule has 2 aromatic heterocycles. The third-order valence-electron chi connectivity index (χ3n) is 1.60. The summed E-state index contributed by atoms with van der Waals surface area (Å²) >= 11 is 0. The summed E-state index contributed by atoms with van der Waals surface area (Å²) < 4.78 is 0. The number of aromatic nitrogens is 4. The van der Waals surface area contributed by atoms with Crippen molar-refractivity contribution in [3.05, 3.63) is 42.3 Å². The predicted octanol–water partition coefficient (Wildman–Crippen LogP) is 0.928. The van der Waals surface area contributed by atoms with E-state index in [1.54, 1.807) is 6.20 Å². The first-order valence-corrected chi connectivity index (χ1v) is 3.77. The van der Waals surface area contributed by atoms with Crippen LogP contribution in [0.25, 0.3) is 0 Å². The topological polar surface area (TPSA) is 57.4 Å². The van der Waals surface area contributed by atoms with E-state index in [2.05, 4.69) is 20.4 Å². The van der Waals surface area contributed by atoms with Crippen LogP contribution in [0.3, 0.4) is 0 Å². The molecule has 2 rings (SSSR count). The zero-order chi connectivity index (χ0) is 8.23. The summed E-state index contributed by atoms with van der Waals surface area (Å²) in [6.45, 7) is 0. The monoisotopic (exact) mass is 161 g/mol. The second-order valence-corrected chi connectivity index (χ2v) is 2.47. The highest BCUT2D eigenvalue weighted by atomic mass is 15.1. The molecule has 0 aromatic carbocycles. The molecule has 0 fully saturated rings. The summed E-state index contributed by atoms with van der Waals surface area (Å²) in [7, 11) is 0. The maximum absolute atomic E-state index is 4.02. The Hall–Kier alpha value is -1.58. The number of H-pyrrole nitrogens is 2. The third kappa shape index (κ3) is 1.53. The summed E-state index contributed by atoms with van der Waals surface area (Å²) in [6, 6.07) is 3.87. The lowest BCUT2D eigenvalue weighted by Gasteiger charge is -1.90. The fourth-order valence-electron chi connectivity index (χ4n) is 0.999. The average molecular weight is 161 g/mol. The molecule has 0 saturated heterocycles. The van der Waals surface area contributed by atoms with E-state index in [1.807, 2.05) is 24.8 Å². The molecule has 12 heavy (non-hydrogen) atoms. The molecule has 0 unspecified atom stereocenters. The summed E-state index contributed by atoms with van der Waals surface area (Å²) in [5.41, 5.74) is 1.98. The number of aromatic amines is 2. The van der Waals surface area contributed by atoms with Gasteiger partial charge in [0.15, 0.2) is 0 Å². The van der Waals surface area contributed by atoms with Gasteiger partial charge in [-0.05, 0) is 12.1 Å². The molecule has 0 amide bonds. The fourth-order valence-corrected chi connectivity index (χ4v) is 0.999. The molecule has 0 aliphatic heterocycles. The van der Waals surface area contributed by atoms with Crippen LogP contribution in [0.4, 0.5) is 0 Å². The molecule has 1 radical (unpaired) electrons. The zero-order valence-corrected chi connectivity index (χ0v) is 6.49. The van der Waals surface area contributed by atoms with Crippen molar-refractivity contribution < 1.29 is 0 Å². The van der Waals surface area contributed by atoms with E-state index in [0.29, 0.717) is 0 Å². The zero-order valence-electron chi connectivity index (χ0n) is 6.49. The molecule has 0 aliphatic carbocycles. The van der Waals surface area contributed by atoms with Crippen molar-refractivity contribution >= 4 is 0 Å². The minimum atomic E-state index is 0.814. The summed E-state index contributed by atoms with van der Waals surface area (Å²) in [5, 5.41) is 13.5. The number of rotatable bonds is 3. The highest BCUT2D eigenvalue weighted by Crippen LogP contribution is 2.02. The standard InChI is InChI=1S/C8H9N4/c1(7-3-5-9-11-7)2-8-4-6-10-12-8/h1,3-6H,2H2,(H,9,11)(H,10,12). The van der Waals surface area contributed by atoms with Gasteiger partial charge < -0.3 is 0 Å². The Morgan fingerprint density at radius 3 is 2.67 bits per heavy atom. The van der Waals surface area contributed by atoms with Crippen LogP contribution < -0.4 is 0 Å². The highest BCUT2D eigenvalue weighted by Gasteiger charge is 1.98. The van der Waals surface area contributed by atoms with Gasteiger partial charge in [-0.25, -0.2) is 0 Å². The molecule has 0 spiro atoms. The van der Waals surface area contributed by atoms with E-state index in [1.165, 1.54) is 0 Å². The van der Waals surface area contributed by atoms with E-state index >= 15 is 0 Å². The molecule has 4 nitrogen and oxygen atoms in total. The van der Waals surface area contributed by atoms with Crippen LogP contribution in [0, 0.1) is 6.42 Å². The molecule has 0 bridgehead atoms. The van der Waals surface area contributed by atoms with Crippen LogP contribution in [0.1, 0.15) is 11.4 Å². The van der Waals surface area contributed by atoms with Crippen molar-refractivity contribution in [2.75, 3.05) is 0 Å². The van der Waals surface area contributed by atoms with Gasteiger partial charge in [0.25, 0.3) is 0 Å². The minimum absolute atomic E-state index is 0.814. The van der Waals surface area contributed by atoms with E-state index in [-0.39, 0.29) is 0 Å². The Morgan fingerprint density at radius 2 is 2.00 bits per heavy atom. The Labute approximate surface area is 70.0 Å². The SMILES string of the molecule is [CH](Cc1cc[nH]n1)c1cc[nH]n1. The molecule has 2 aromatic rings. The Kier molecular flexibility index (Phi) is 1.90. The molecule has 2 heterocycles. The van der Waals surface area contributed by atoms with E-state index < -0.39 is 0 Å². The highest BCUT2D eigenvalue weighted by molar-refractivity contribution is 5.14.